The van der Waals surface area contributed by atoms with Crippen molar-refractivity contribution in [3.8, 4) is 57.1 Å². The summed E-state index contributed by atoms with van der Waals surface area (Å²) in [5, 5.41) is 132. The molecule has 101 heavy (non-hydrogen) atoms. The topological polar surface area (TPSA) is 498 Å². The largest absolute Gasteiger partial charge is 0.508 e. The number of ether oxygens (including phenoxy) is 4. The van der Waals surface area contributed by atoms with Gasteiger partial charge in [-0.15, -0.1) is 0 Å². The van der Waals surface area contributed by atoms with E-state index < -0.39 is 213 Å². The highest BCUT2D eigenvalue weighted by Gasteiger charge is 2.47. The van der Waals surface area contributed by atoms with Gasteiger partial charge in [-0.3, -0.25) is 33.6 Å². The lowest BCUT2D eigenvalue weighted by atomic mass is 9.89. The molecular weight excluding hydrogens is 1390 g/mol. The number of hydrogen-bond acceptors (Lipinski definition) is 23. The van der Waals surface area contributed by atoms with Crippen molar-refractivity contribution in [3.63, 3.8) is 0 Å². The van der Waals surface area contributed by atoms with Crippen molar-refractivity contribution in [1.82, 2.24) is 42.5 Å². The molecule has 3 unspecified atom stereocenters. The molecule has 0 saturated carbocycles. The molecule has 1 saturated heterocycles. The number of fused-ring (bicyclic) bond motifs is 15. The lowest BCUT2D eigenvalue weighted by molar-refractivity contribution is -0.277. The maximum Gasteiger partial charge on any atom is 0.330 e. The van der Waals surface area contributed by atoms with Crippen LogP contribution in [0.4, 0.5) is 0 Å². The van der Waals surface area contributed by atoms with E-state index in [0.29, 0.717) is 13.0 Å². The normalized spacial score (nSPS) is 24.7. The summed E-state index contributed by atoms with van der Waals surface area (Å²) >= 11 is 19.4. The Labute approximate surface area is 592 Å². The number of hydrogen-bond donors (Lipinski definition) is 19. The Morgan fingerprint density at radius 1 is 0.663 bits per heavy atom. The van der Waals surface area contributed by atoms with Gasteiger partial charge in [-0.2, -0.15) is 0 Å². The average molecular weight is 1460 g/mol. The molecule has 31 nitrogen and oxygen atoms in total. The number of carboxylic acids is 1. The van der Waals surface area contributed by atoms with Crippen LogP contribution in [0, 0.1) is 5.92 Å². The molecule has 34 heteroatoms. The van der Waals surface area contributed by atoms with Crippen molar-refractivity contribution in [1.29, 1.82) is 0 Å². The third-order valence-electron chi connectivity index (χ3n) is 17.1. The van der Waals surface area contributed by atoms with Gasteiger partial charge in [0.2, 0.25) is 53.4 Å². The number of carbonyl (C=O) groups excluding carboxylic acids is 7. The highest BCUT2D eigenvalue weighted by Crippen LogP contribution is 2.49. The van der Waals surface area contributed by atoms with Gasteiger partial charge in [0.05, 0.1) is 29.1 Å². The summed E-state index contributed by atoms with van der Waals surface area (Å²) in [4.78, 5) is 118. The van der Waals surface area contributed by atoms with Gasteiger partial charge in [0.25, 0.3) is 0 Å². The summed E-state index contributed by atoms with van der Waals surface area (Å²) in [5.41, 5.74) is 3.46. The summed E-state index contributed by atoms with van der Waals surface area (Å²) in [6.45, 7) is 4.97. The van der Waals surface area contributed by atoms with Gasteiger partial charge in [-0.05, 0) is 108 Å². The van der Waals surface area contributed by atoms with E-state index in [0.717, 1.165) is 98.8 Å². The standard InChI is InChI=1S/C67H77Cl2N9O22S/c1-4-5-6-7-8-9-16-71-67(101)73-46(83)25-38-60(90)74-49-31-21-43(97-41-14-11-29(19-35(41)68)53(84)51(63(93)72-38)77-59(89)37(70)17-27(2)3)58(100-66-57(88)56(87)55(86)45(26-79)99-66)44(22-31)98-42-15-12-30(20-36(42)69)54(85)52-64(94)76-50(65(95)96)34-23-32(80)24-40(82)47(34)33-18-28(10-13-39(33)81)48(61(91)78-52)75-62(49)92/h10-15,18-24,27,37-38,45,48-57,66,79-82,84-88H,4-9,16-17,25-26,70H2,1-3H3,(H,72,93)(H,74,90)(H,75,92)(H,76,94)(H,77,89)(H,78,91)(H,95,96)(H2,71,73,83,101)/t37-,38?,45-,48-,49?,50-,51?,52+,53-,54-,55-,56+,57-,66-/m1/s1. The molecule has 0 spiro atoms. The summed E-state index contributed by atoms with van der Waals surface area (Å²) in [6.07, 6.45) is -9.65. The number of phenolic OH excluding ortho intramolecular Hbond substituents is 3. The third kappa shape index (κ3) is 17.8. The summed E-state index contributed by atoms with van der Waals surface area (Å²) in [6, 6.07) is -1.09. The van der Waals surface area contributed by atoms with E-state index in [1.807, 2.05) is 0 Å². The Kier molecular flexibility index (Phi) is 24.9. The van der Waals surface area contributed by atoms with Crippen molar-refractivity contribution in [2.24, 2.45) is 11.7 Å². The van der Waals surface area contributed by atoms with E-state index in [2.05, 4.69) is 49.5 Å². The Morgan fingerprint density at radius 2 is 1.27 bits per heavy atom. The van der Waals surface area contributed by atoms with Crippen molar-refractivity contribution >= 4 is 87.9 Å². The molecule has 1 fully saturated rings. The van der Waals surface area contributed by atoms with Crippen LogP contribution in [0.5, 0.6) is 46.0 Å². The van der Waals surface area contributed by atoms with Crippen LogP contribution in [0.25, 0.3) is 11.1 Å². The molecule has 6 aliphatic rings. The van der Waals surface area contributed by atoms with Gasteiger partial charge in [0.1, 0.15) is 95.6 Å². The maximum atomic E-state index is 16.1. The van der Waals surface area contributed by atoms with Crippen LogP contribution >= 0.6 is 35.4 Å². The number of aliphatic hydroxyl groups excluding tert-OH is 6. The number of aromatic hydroxyl groups is 3. The van der Waals surface area contributed by atoms with E-state index >= 15 is 19.2 Å². The van der Waals surface area contributed by atoms with Gasteiger partial charge in [0, 0.05) is 29.3 Å². The Morgan fingerprint density at radius 3 is 1.89 bits per heavy atom. The fourth-order valence-electron chi connectivity index (χ4n) is 11.8. The van der Waals surface area contributed by atoms with E-state index in [-0.39, 0.29) is 44.9 Å². The molecule has 11 bridgehead atoms. The predicted octanol–water partition coefficient (Wildman–Crippen LogP) is 2.47. The average Bonchev–Trinajstić information content (AvgIpc) is 0.770. The second-order valence-electron chi connectivity index (χ2n) is 25.0. The molecule has 11 rings (SSSR count). The van der Waals surface area contributed by atoms with Crippen LogP contribution in [0.3, 0.4) is 0 Å². The number of carbonyl (C=O) groups is 8. The summed E-state index contributed by atoms with van der Waals surface area (Å²) in [5.74, 6) is -16.0. The van der Waals surface area contributed by atoms with Crippen LogP contribution < -0.4 is 62.5 Å². The number of nitrogens with one attached hydrogen (secondary N) is 8. The monoisotopic (exact) mass is 1460 g/mol. The lowest BCUT2D eigenvalue weighted by Crippen LogP contribution is -2.60. The first-order chi connectivity index (χ1) is 48.0. The Hall–Kier alpha value is -9.19. The van der Waals surface area contributed by atoms with Crippen molar-refractivity contribution < 1.29 is 108 Å². The maximum absolute atomic E-state index is 16.1. The highest BCUT2D eigenvalue weighted by atomic mass is 35.5. The second-order valence-corrected chi connectivity index (χ2v) is 26.3. The molecule has 14 atom stereocenters. The number of unbranched alkanes of at least 4 members (excludes halogenated alkanes) is 5. The number of carboxylic acid groups (broad SMARTS) is 1. The van der Waals surface area contributed by atoms with Gasteiger partial charge in [-0.1, -0.05) is 94.3 Å². The van der Waals surface area contributed by atoms with E-state index in [1.165, 1.54) is 12.1 Å². The van der Waals surface area contributed by atoms with Crippen LogP contribution in [0.1, 0.15) is 130 Å². The molecule has 0 aromatic heterocycles. The molecule has 5 aromatic rings. The van der Waals surface area contributed by atoms with Crippen molar-refractivity contribution in [2.45, 2.75) is 157 Å². The first-order valence-electron chi connectivity index (χ1n) is 32.2. The molecule has 542 valence electrons. The van der Waals surface area contributed by atoms with Gasteiger partial charge in [0.15, 0.2) is 22.7 Å². The number of aliphatic hydroxyl groups is 6. The number of halogens is 2. The third-order valence-corrected chi connectivity index (χ3v) is 18.0. The molecule has 0 radical (unpaired) electrons. The minimum absolute atomic E-state index is 0.0777. The van der Waals surface area contributed by atoms with E-state index in [1.54, 1.807) is 13.8 Å². The minimum atomic E-state index is -2.35. The lowest BCUT2D eigenvalue weighted by Gasteiger charge is -2.39. The fourth-order valence-corrected chi connectivity index (χ4v) is 12.5. The van der Waals surface area contributed by atoms with Crippen LogP contribution in [0.2, 0.25) is 10.0 Å². The van der Waals surface area contributed by atoms with Crippen molar-refractivity contribution in [3.05, 3.63) is 117 Å². The van der Waals surface area contributed by atoms with Gasteiger partial charge < -0.3 is 118 Å². The number of amides is 7. The van der Waals surface area contributed by atoms with E-state index in [4.69, 9.17) is 60.1 Å². The molecule has 5 aromatic carbocycles. The zero-order valence-corrected chi connectivity index (χ0v) is 56.7. The minimum Gasteiger partial charge on any atom is -0.508 e. The molecular formula is C67H77Cl2N9O22S. The summed E-state index contributed by atoms with van der Waals surface area (Å²) < 4.78 is 25.1. The molecule has 0 aliphatic carbocycles. The Balaban J connectivity index is 1.29. The number of thiocarbonyl (C=S) groups is 1. The van der Waals surface area contributed by atoms with Gasteiger partial charge >= 0.3 is 5.97 Å². The number of aliphatic carboxylic acids is 1. The first-order valence-corrected chi connectivity index (χ1v) is 33.4. The Bertz CT molecular complexity index is 4000. The predicted molar refractivity (Wildman–Crippen MR) is 361 cm³/mol. The van der Waals surface area contributed by atoms with Crippen LogP contribution in [0.15, 0.2) is 78.9 Å². The number of benzene rings is 5. The van der Waals surface area contributed by atoms with Crippen molar-refractivity contribution in [2.75, 3.05) is 13.2 Å². The van der Waals surface area contributed by atoms with Crippen LogP contribution in [-0.4, -0.2) is 172 Å². The molecule has 7 amide bonds. The highest BCUT2D eigenvalue weighted by molar-refractivity contribution is 7.80. The van der Waals surface area contributed by atoms with Crippen LogP contribution in [-0.2, 0) is 43.1 Å². The number of nitrogens with two attached hydrogens (primary N) is 1. The summed E-state index contributed by atoms with van der Waals surface area (Å²) in [7, 11) is 0. The quantitative estimate of drug-likeness (QED) is 0.0469. The molecule has 20 N–H and O–H groups in total. The molecule has 6 aliphatic heterocycles. The van der Waals surface area contributed by atoms with E-state index in [9.17, 15) is 70.2 Å². The number of phenols is 3. The number of rotatable bonds is 17. The van der Waals surface area contributed by atoms with Gasteiger partial charge in [-0.25, -0.2) is 4.79 Å². The smallest absolute Gasteiger partial charge is 0.330 e. The second kappa shape index (κ2) is 33.1. The fraction of sp³-hybridized carbons (Fsp3) is 0.418. The zero-order valence-electron chi connectivity index (χ0n) is 54.3. The molecule has 6 heterocycles. The first kappa shape index (κ1) is 76.0. The SMILES string of the molecule is CCCCCCCCNC(=S)NC(=O)CC1NC(=O)C(NC(=O)[C@H](N)CC(C)C)[C@H](O)c2ccc(c(Cl)c2)Oc2cc3cc(c2O[C@H]2O[C@H](CO)[C@@H](O)[C@H](O)[C@H]2O)Oc2ccc(cc2Cl)[C@@H](O)[C@@H]2NC(=O)[C@H](NC(=O)C3NC1=O)c1ccc(O)c(c1)-c1c(O)cc(O)cc1[C@H](C(=O)O)NC2=O. The zero-order chi connectivity index (χ0) is 73.4.